The molecule has 0 bridgehead atoms. The van der Waals surface area contributed by atoms with Crippen molar-refractivity contribution in [3.8, 4) is 5.75 Å². The van der Waals surface area contributed by atoms with Crippen LogP contribution in [0.2, 0.25) is 0 Å². The summed E-state index contributed by atoms with van der Waals surface area (Å²) in [5.41, 5.74) is 3.83. The van der Waals surface area contributed by atoms with E-state index < -0.39 is 0 Å². The second-order valence-electron chi connectivity index (χ2n) is 6.09. The van der Waals surface area contributed by atoms with Crippen molar-refractivity contribution < 1.29 is 14.3 Å². The van der Waals surface area contributed by atoms with Gasteiger partial charge in [-0.1, -0.05) is 24.3 Å². The number of allylic oxidation sites excluding steroid dienone is 1. The molecule has 1 aliphatic rings. The summed E-state index contributed by atoms with van der Waals surface area (Å²) in [6, 6.07) is 13.8. The third-order valence-corrected chi connectivity index (χ3v) is 4.32. The molecular weight excluding hydrogens is 314 g/mol. The van der Waals surface area contributed by atoms with Gasteiger partial charge >= 0.3 is 0 Å². The number of carbonyl (C=O) groups excluding carboxylic acids is 1. The standard InChI is InChI=1S/C21H23NO3/c1-16-3-9-19(21(15-16)24-2)20(23)10-6-17-4-7-18(8-5-17)22-11-13-25-14-12-22/h3-10,15H,11-14H2,1-2H3/b10-6+. The van der Waals surface area contributed by atoms with Crippen LogP contribution in [0.1, 0.15) is 21.5 Å². The van der Waals surface area contributed by atoms with E-state index in [1.54, 1.807) is 13.2 Å². The van der Waals surface area contributed by atoms with Gasteiger partial charge in [0, 0.05) is 18.8 Å². The maximum Gasteiger partial charge on any atom is 0.189 e. The van der Waals surface area contributed by atoms with Crippen molar-refractivity contribution in [3.63, 3.8) is 0 Å². The fraction of sp³-hybridized carbons (Fsp3) is 0.286. The number of ketones is 1. The van der Waals surface area contributed by atoms with Crippen molar-refractivity contribution in [3.05, 3.63) is 65.2 Å². The number of nitrogens with zero attached hydrogens (tertiary/aromatic N) is 1. The summed E-state index contributed by atoms with van der Waals surface area (Å²) in [5, 5.41) is 0. The van der Waals surface area contributed by atoms with E-state index in [4.69, 9.17) is 9.47 Å². The van der Waals surface area contributed by atoms with Crippen molar-refractivity contribution in [2.75, 3.05) is 38.3 Å². The van der Waals surface area contributed by atoms with E-state index in [0.29, 0.717) is 11.3 Å². The maximum absolute atomic E-state index is 12.4. The molecule has 0 aromatic heterocycles. The minimum Gasteiger partial charge on any atom is -0.496 e. The first-order valence-electron chi connectivity index (χ1n) is 8.47. The van der Waals surface area contributed by atoms with Crippen molar-refractivity contribution >= 4 is 17.5 Å². The quantitative estimate of drug-likeness (QED) is 0.615. The van der Waals surface area contributed by atoms with Crippen LogP contribution in [-0.4, -0.2) is 39.2 Å². The average molecular weight is 337 g/mol. The van der Waals surface area contributed by atoms with E-state index in [0.717, 1.165) is 37.4 Å². The molecule has 2 aromatic rings. The molecule has 4 heteroatoms. The Hall–Kier alpha value is -2.59. The lowest BCUT2D eigenvalue weighted by Crippen LogP contribution is -2.36. The largest absolute Gasteiger partial charge is 0.496 e. The zero-order valence-electron chi connectivity index (χ0n) is 14.7. The monoisotopic (exact) mass is 337 g/mol. The highest BCUT2D eigenvalue weighted by atomic mass is 16.5. The molecule has 0 N–H and O–H groups in total. The highest BCUT2D eigenvalue weighted by molar-refractivity contribution is 6.08. The van der Waals surface area contributed by atoms with Crippen LogP contribution in [0.3, 0.4) is 0 Å². The Bertz CT molecular complexity index is 759. The molecule has 3 rings (SSSR count). The van der Waals surface area contributed by atoms with Crippen molar-refractivity contribution in [1.29, 1.82) is 0 Å². The molecule has 0 aliphatic carbocycles. The Morgan fingerprint density at radius 3 is 2.52 bits per heavy atom. The number of anilines is 1. The average Bonchev–Trinajstić information content (AvgIpc) is 2.67. The van der Waals surface area contributed by atoms with Crippen LogP contribution in [0.4, 0.5) is 5.69 Å². The number of methoxy groups -OCH3 is 1. The first kappa shape index (κ1) is 17.2. The predicted octanol–water partition coefficient (Wildman–Crippen LogP) is 3.74. The van der Waals surface area contributed by atoms with Gasteiger partial charge in [0.25, 0.3) is 0 Å². The molecule has 1 saturated heterocycles. The molecule has 0 saturated carbocycles. The van der Waals surface area contributed by atoms with Gasteiger partial charge in [0.05, 0.1) is 25.9 Å². The van der Waals surface area contributed by atoms with E-state index in [2.05, 4.69) is 17.0 Å². The third kappa shape index (κ3) is 4.28. The number of aryl methyl sites for hydroxylation is 1. The van der Waals surface area contributed by atoms with E-state index in [1.807, 2.05) is 43.3 Å². The Morgan fingerprint density at radius 1 is 1.12 bits per heavy atom. The SMILES string of the molecule is COc1cc(C)ccc1C(=O)/C=C/c1ccc(N2CCOCC2)cc1. The molecule has 2 aromatic carbocycles. The van der Waals surface area contributed by atoms with Gasteiger partial charge in [-0.15, -0.1) is 0 Å². The summed E-state index contributed by atoms with van der Waals surface area (Å²) in [7, 11) is 1.58. The lowest BCUT2D eigenvalue weighted by Gasteiger charge is -2.28. The fourth-order valence-corrected chi connectivity index (χ4v) is 2.88. The lowest BCUT2D eigenvalue weighted by molar-refractivity contribution is 0.104. The number of morpholine rings is 1. The van der Waals surface area contributed by atoms with E-state index >= 15 is 0 Å². The van der Waals surface area contributed by atoms with E-state index in [9.17, 15) is 4.79 Å². The van der Waals surface area contributed by atoms with Crippen LogP contribution in [0.15, 0.2) is 48.5 Å². The molecule has 0 atom stereocenters. The molecule has 1 aliphatic heterocycles. The summed E-state index contributed by atoms with van der Waals surface area (Å²) in [6.45, 7) is 5.35. The Morgan fingerprint density at radius 2 is 1.84 bits per heavy atom. The summed E-state index contributed by atoms with van der Waals surface area (Å²) >= 11 is 0. The molecule has 0 amide bonds. The van der Waals surface area contributed by atoms with Crippen LogP contribution in [0.25, 0.3) is 6.08 Å². The van der Waals surface area contributed by atoms with Gasteiger partial charge in [-0.05, 0) is 48.4 Å². The van der Waals surface area contributed by atoms with Gasteiger partial charge in [0.1, 0.15) is 5.75 Å². The van der Waals surface area contributed by atoms with Crippen LogP contribution in [0.5, 0.6) is 5.75 Å². The zero-order valence-corrected chi connectivity index (χ0v) is 14.7. The highest BCUT2D eigenvalue weighted by Crippen LogP contribution is 2.22. The molecule has 0 unspecified atom stereocenters. The van der Waals surface area contributed by atoms with Gasteiger partial charge in [0.15, 0.2) is 5.78 Å². The first-order chi connectivity index (χ1) is 12.2. The summed E-state index contributed by atoms with van der Waals surface area (Å²) in [5.74, 6) is 0.548. The molecular formula is C21H23NO3. The van der Waals surface area contributed by atoms with E-state index in [-0.39, 0.29) is 5.78 Å². The van der Waals surface area contributed by atoms with Crippen LogP contribution >= 0.6 is 0 Å². The van der Waals surface area contributed by atoms with Gasteiger partial charge in [0.2, 0.25) is 0 Å². The molecule has 1 fully saturated rings. The zero-order chi connectivity index (χ0) is 17.6. The maximum atomic E-state index is 12.4. The summed E-state index contributed by atoms with van der Waals surface area (Å²) < 4.78 is 10.7. The Kier molecular flexibility index (Phi) is 5.51. The Labute approximate surface area is 148 Å². The van der Waals surface area contributed by atoms with E-state index in [1.165, 1.54) is 5.69 Å². The minimum absolute atomic E-state index is 0.0610. The summed E-state index contributed by atoms with van der Waals surface area (Å²) in [6.07, 6.45) is 3.43. The van der Waals surface area contributed by atoms with Crippen LogP contribution in [-0.2, 0) is 4.74 Å². The first-order valence-corrected chi connectivity index (χ1v) is 8.47. The summed E-state index contributed by atoms with van der Waals surface area (Å²) in [4.78, 5) is 14.7. The lowest BCUT2D eigenvalue weighted by atomic mass is 10.1. The third-order valence-electron chi connectivity index (χ3n) is 4.32. The molecule has 0 radical (unpaired) electrons. The number of hydrogen-bond acceptors (Lipinski definition) is 4. The van der Waals surface area contributed by atoms with Gasteiger partial charge in [-0.2, -0.15) is 0 Å². The van der Waals surface area contributed by atoms with Crippen molar-refractivity contribution in [2.45, 2.75) is 6.92 Å². The van der Waals surface area contributed by atoms with Crippen molar-refractivity contribution in [1.82, 2.24) is 0 Å². The second kappa shape index (κ2) is 7.99. The highest BCUT2D eigenvalue weighted by Gasteiger charge is 2.11. The molecule has 1 heterocycles. The minimum atomic E-state index is -0.0610. The molecule has 130 valence electrons. The van der Waals surface area contributed by atoms with Gasteiger partial charge in [-0.3, -0.25) is 4.79 Å². The van der Waals surface area contributed by atoms with Crippen molar-refractivity contribution in [2.24, 2.45) is 0 Å². The molecule has 0 spiro atoms. The fourth-order valence-electron chi connectivity index (χ4n) is 2.88. The van der Waals surface area contributed by atoms with Gasteiger partial charge < -0.3 is 14.4 Å². The number of ether oxygens (including phenoxy) is 2. The van der Waals surface area contributed by atoms with Crippen LogP contribution < -0.4 is 9.64 Å². The predicted molar refractivity (Wildman–Crippen MR) is 101 cm³/mol. The molecule has 4 nitrogen and oxygen atoms in total. The topological polar surface area (TPSA) is 38.8 Å². The van der Waals surface area contributed by atoms with Gasteiger partial charge in [-0.25, -0.2) is 0 Å². The molecule has 25 heavy (non-hydrogen) atoms. The number of carbonyl (C=O) groups is 1. The number of rotatable bonds is 5. The van der Waals surface area contributed by atoms with Crippen LogP contribution in [0, 0.1) is 6.92 Å². The Balaban J connectivity index is 1.70. The number of benzene rings is 2. The normalized spacial score (nSPS) is 14.7. The number of hydrogen-bond donors (Lipinski definition) is 0. The second-order valence-corrected chi connectivity index (χ2v) is 6.09. The smallest absolute Gasteiger partial charge is 0.189 e.